The SMILES string of the molecule is CC(C)(C)OC(=O)/C=C/C(=O)OC1CCC(OC(=O)OCCl)CC1. The second kappa shape index (κ2) is 9.52. The zero-order valence-electron chi connectivity index (χ0n) is 14.1. The Morgan fingerprint density at radius 1 is 0.958 bits per heavy atom. The van der Waals surface area contributed by atoms with Crippen molar-refractivity contribution in [1.29, 1.82) is 0 Å². The van der Waals surface area contributed by atoms with E-state index in [0.717, 1.165) is 12.2 Å². The zero-order valence-corrected chi connectivity index (χ0v) is 14.8. The third-order valence-corrected chi connectivity index (χ3v) is 3.21. The highest BCUT2D eigenvalue weighted by atomic mass is 35.5. The first-order valence-electron chi connectivity index (χ1n) is 7.70. The summed E-state index contributed by atoms with van der Waals surface area (Å²) in [7, 11) is 0. The first-order valence-corrected chi connectivity index (χ1v) is 8.24. The van der Waals surface area contributed by atoms with Gasteiger partial charge >= 0.3 is 18.1 Å². The summed E-state index contributed by atoms with van der Waals surface area (Å²) >= 11 is 5.26. The van der Waals surface area contributed by atoms with Crippen molar-refractivity contribution in [3.63, 3.8) is 0 Å². The zero-order chi connectivity index (χ0) is 18.2. The molecule has 0 saturated heterocycles. The molecule has 0 atom stereocenters. The Morgan fingerprint density at radius 2 is 1.46 bits per heavy atom. The van der Waals surface area contributed by atoms with Gasteiger partial charge < -0.3 is 18.9 Å². The molecule has 0 aromatic rings. The smallest absolute Gasteiger partial charge is 0.459 e. The van der Waals surface area contributed by atoms with Crippen LogP contribution in [-0.2, 0) is 28.5 Å². The number of alkyl halides is 1. The van der Waals surface area contributed by atoms with Gasteiger partial charge in [-0.1, -0.05) is 11.6 Å². The molecule has 0 radical (unpaired) electrons. The normalized spacial score (nSPS) is 21.2. The predicted molar refractivity (Wildman–Crippen MR) is 85.4 cm³/mol. The van der Waals surface area contributed by atoms with Gasteiger partial charge in [-0.3, -0.25) is 0 Å². The maximum absolute atomic E-state index is 11.7. The molecule has 0 unspecified atom stereocenters. The summed E-state index contributed by atoms with van der Waals surface area (Å²) in [5, 5.41) is 0. The Kier molecular flexibility index (Phi) is 8.04. The summed E-state index contributed by atoms with van der Waals surface area (Å²) in [6, 6.07) is -0.254. The van der Waals surface area contributed by atoms with Crippen LogP contribution in [-0.4, -0.2) is 42.0 Å². The van der Waals surface area contributed by atoms with Crippen LogP contribution in [0.1, 0.15) is 46.5 Å². The fraction of sp³-hybridized carbons (Fsp3) is 0.688. The lowest BCUT2D eigenvalue weighted by Gasteiger charge is -2.27. The number of halogens is 1. The number of carbonyl (C=O) groups is 3. The van der Waals surface area contributed by atoms with Gasteiger partial charge in [-0.15, -0.1) is 0 Å². The summed E-state index contributed by atoms with van der Waals surface area (Å²) in [6.45, 7) is 5.21. The summed E-state index contributed by atoms with van der Waals surface area (Å²) in [6.07, 6.45) is 2.99. The van der Waals surface area contributed by atoms with Crippen LogP contribution in [0.2, 0.25) is 0 Å². The van der Waals surface area contributed by atoms with E-state index >= 15 is 0 Å². The van der Waals surface area contributed by atoms with E-state index in [1.807, 2.05) is 0 Å². The van der Waals surface area contributed by atoms with E-state index in [1.54, 1.807) is 20.8 Å². The van der Waals surface area contributed by atoms with Gasteiger partial charge in [0.2, 0.25) is 0 Å². The van der Waals surface area contributed by atoms with E-state index in [4.69, 9.17) is 25.8 Å². The van der Waals surface area contributed by atoms with Gasteiger partial charge in [0.25, 0.3) is 0 Å². The van der Waals surface area contributed by atoms with Gasteiger partial charge in [0.05, 0.1) is 0 Å². The molecule has 0 amide bonds. The van der Waals surface area contributed by atoms with Crippen LogP contribution in [0.4, 0.5) is 4.79 Å². The highest BCUT2D eigenvalue weighted by molar-refractivity contribution is 6.17. The quantitative estimate of drug-likeness (QED) is 0.321. The van der Waals surface area contributed by atoms with Crippen LogP contribution >= 0.6 is 11.6 Å². The molecule has 7 nitrogen and oxygen atoms in total. The summed E-state index contributed by atoms with van der Waals surface area (Å²) in [4.78, 5) is 34.3. The van der Waals surface area contributed by atoms with Crippen molar-refractivity contribution in [2.24, 2.45) is 0 Å². The van der Waals surface area contributed by atoms with Crippen molar-refractivity contribution in [3.05, 3.63) is 12.2 Å². The maximum Gasteiger partial charge on any atom is 0.509 e. The Balaban J connectivity index is 2.30. The highest BCUT2D eigenvalue weighted by Gasteiger charge is 2.26. The number of rotatable bonds is 5. The van der Waals surface area contributed by atoms with E-state index in [9.17, 15) is 14.4 Å². The largest absolute Gasteiger partial charge is 0.509 e. The molecule has 0 N–H and O–H groups in total. The van der Waals surface area contributed by atoms with E-state index < -0.39 is 23.7 Å². The van der Waals surface area contributed by atoms with Crippen LogP contribution in [0.25, 0.3) is 0 Å². The van der Waals surface area contributed by atoms with E-state index in [1.165, 1.54) is 0 Å². The van der Waals surface area contributed by atoms with Crippen molar-refractivity contribution in [3.8, 4) is 0 Å². The standard InChI is InChI=1S/C16H23ClO7/c1-16(2,3)24-14(19)9-8-13(18)22-11-4-6-12(7-5-11)23-15(20)21-10-17/h8-9,11-12H,4-7,10H2,1-3H3/b9-8+. The van der Waals surface area contributed by atoms with E-state index in [2.05, 4.69) is 4.74 Å². The minimum atomic E-state index is -0.800. The third-order valence-electron chi connectivity index (χ3n) is 3.10. The van der Waals surface area contributed by atoms with E-state index in [0.29, 0.717) is 25.7 Å². The average Bonchev–Trinajstić information content (AvgIpc) is 2.46. The second-order valence-corrected chi connectivity index (χ2v) is 6.54. The summed E-state index contributed by atoms with van der Waals surface area (Å²) in [5.41, 5.74) is -0.617. The molecular weight excluding hydrogens is 340 g/mol. The monoisotopic (exact) mass is 362 g/mol. The van der Waals surface area contributed by atoms with Crippen LogP contribution in [0, 0.1) is 0 Å². The summed E-state index contributed by atoms with van der Waals surface area (Å²) in [5.74, 6) is -1.21. The Morgan fingerprint density at radius 3 is 1.96 bits per heavy atom. The first-order chi connectivity index (χ1) is 11.2. The molecule has 0 aromatic carbocycles. The van der Waals surface area contributed by atoms with Crippen molar-refractivity contribution < 1.29 is 33.3 Å². The third kappa shape index (κ3) is 8.76. The molecule has 0 bridgehead atoms. The van der Waals surface area contributed by atoms with Gasteiger partial charge in [-0.25, -0.2) is 14.4 Å². The minimum Gasteiger partial charge on any atom is -0.459 e. The first kappa shape index (κ1) is 20.3. The van der Waals surface area contributed by atoms with Crippen LogP contribution in [0.3, 0.4) is 0 Å². The van der Waals surface area contributed by atoms with Gasteiger partial charge in [0.15, 0.2) is 6.07 Å². The van der Waals surface area contributed by atoms with E-state index in [-0.39, 0.29) is 18.3 Å². The number of carbonyl (C=O) groups excluding carboxylic acids is 3. The van der Waals surface area contributed by atoms with Gasteiger partial charge in [0.1, 0.15) is 17.8 Å². The van der Waals surface area contributed by atoms with Crippen molar-refractivity contribution in [2.75, 3.05) is 6.07 Å². The fourth-order valence-electron chi connectivity index (χ4n) is 2.16. The molecule has 0 spiro atoms. The molecule has 0 heterocycles. The molecular formula is C16H23ClO7. The van der Waals surface area contributed by atoms with Crippen molar-refractivity contribution in [2.45, 2.75) is 64.3 Å². The fourth-order valence-corrected chi connectivity index (χ4v) is 2.25. The molecule has 1 saturated carbocycles. The molecule has 0 aromatic heterocycles. The molecule has 8 heteroatoms. The number of hydrogen-bond acceptors (Lipinski definition) is 7. The Bertz CT molecular complexity index is 473. The van der Waals surface area contributed by atoms with Gasteiger partial charge in [-0.05, 0) is 46.5 Å². The lowest BCUT2D eigenvalue weighted by Crippen LogP contribution is -2.29. The molecule has 1 aliphatic rings. The molecule has 1 fully saturated rings. The Labute approximate surface area is 146 Å². The van der Waals surface area contributed by atoms with Crippen molar-refractivity contribution >= 4 is 29.7 Å². The highest BCUT2D eigenvalue weighted by Crippen LogP contribution is 2.24. The Hall–Kier alpha value is -1.76. The lowest BCUT2D eigenvalue weighted by molar-refractivity contribution is -0.150. The molecule has 1 aliphatic carbocycles. The predicted octanol–water partition coefficient (Wildman–Crippen LogP) is 3.09. The van der Waals surface area contributed by atoms with Gasteiger partial charge in [0, 0.05) is 12.2 Å². The molecule has 0 aliphatic heterocycles. The van der Waals surface area contributed by atoms with Gasteiger partial charge in [-0.2, -0.15) is 0 Å². The van der Waals surface area contributed by atoms with Crippen molar-refractivity contribution in [1.82, 2.24) is 0 Å². The topological polar surface area (TPSA) is 88.1 Å². The van der Waals surface area contributed by atoms with Crippen LogP contribution < -0.4 is 0 Å². The van der Waals surface area contributed by atoms with Crippen LogP contribution in [0.5, 0.6) is 0 Å². The second-order valence-electron chi connectivity index (χ2n) is 6.32. The summed E-state index contributed by atoms with van der Waals surface area (Å²) < 4.78 is 19.8. The molecule has 136 valence electrons. The molecule has 24 heavy (non-hydrogen) atoms. The number of hydrogen-bond donors (Lipinski definition) is 0. The minimum absolute atomic E-state index is 0.254. The maximum atomic E-state index is 11.7. The number of esters is 2. The average molecular weight is 363 g/mol. The lowest BCUT2D eigenvalue weighted by atomic mass is 9.95. The number of ether oxygens (including phenoxy) is 4. The van der Waals surface area contributed by atoms with Crippen LogP contribution in [0.15, 0.2) is 12.2 Å². The molecule has 1 rings (SSSR count).